The number of ether oxygens (including phenoxy) is 3. The van der Waals surface area contributed by atoms with Crippen molar-refractivity contribution in [2.45, 2.75) is 17.9 Å². The van der Waals surface area contributed by atoms with Crippen molar-refractivity contribution in [2.24, 2.45) is 0 Å². The van der Waals surface area contributed by atoms with Crippen LogP contribution in [-0.4, -0.2) is 32.5 Å². The highest BCUT2D eigenvalue weighted by Crippen LogP contribution is 2.53. The van der Waals surface area contributed by atoms with Gasteiger partial charge in [-0.15, -0.1) is 0 Å². The Kier molecular flexibility index (Phi) is 2.45. The van der Waals surface area contributed by atoms with Crippen LogP contribution in [0.4, 0.5) is 0 Å². The minimum atomic E-state index is -0.581. The molecule has 1 aliphatic carbocycles. The Balaban J connectivity index is 1.87. The molecule has 2 aliphatic rings. The summed E-state index contributed by atoms with van der Waals surface area (Å²) in [6.07, 6.45) is 0.746. The van der Waals surface area contributed by atoms with E-state index >= 15 is 0 Å². The molecule has 0 aromatic heterocycles. The third-order valence-corrected chi connectivity index (χ3v) is 3.76. The van der Waals surface area contributed by atoms with Crippen molar-refractivity contribution in [2.75, 3.05) is 21.0 Å². The van der Waals surface area contributed by atoms with Crippen LogP contribution in [0.1, 0.15) is 17.9 Å². The van der Waals surface area contributed by atoms with Crippen LogP contribution in [0.15, 0.2) is 18.2 Å². The molecule has 5 nitrogen and oxygen atoms in total. The Morgan fingerprint density at radius 3 is 2.94 bits per heavy atom. The molecule has 0 saturated heterocycles. The predicted molar refractivity (Wildman–Crippen MR) is 63.7 cm³/mol. The largest absolute Gasteiger partial charge is 0.468 e. The number of carbonyl (C=O) groups is 1. The first-order valence-corrected chi connectivity index (χ1v) is 5.88. The van der Waals surface area contributed by atoms with Gasteiger partial charge in [-0.2, -0.15) is 0 Å². The van der Waals surface area contributed by atoms with Crippen molar-refractivity contribution >= 4 is 5.97 Å². The van der Waals surface area contributed by atoms with Crippen LogP contribution in [0.5, 0.6) is 11.5 Å². The van der Waals surface area contributed by atoms with Gasteiger partial charge in [0.05, 0.1) is 7.11 Å². The summed E-state index contributed by atoms with van der Waals surface area (Å²) in [5.41, 5.74) is 0.488. The third-order valence-electron chi connectivity index (χ3n) is 3.76. The molecule has 1 aromatic rings. The summed E-state index contributed by atoms with van der Waals surface area (Å²) in [4.78, 5) is 11.8. The quantitative estimate of drug-likeness (QED) is 0.811. The molecule has 96 valence electrons. The van der Waals surface area contributed by atoms with Crippen molar-refractivity contribution in [1.82, 2.24) is 5.32 Å². The lowest BCUT2D eigenvalue weighted by molar-refractivity contribution is -0.144. The summed E-state index contributed by atoms with van der Waals surface area (Å²) in [6, 6.07) is 5.79. The van der Waals surface area contributed by atoms with Crippen molar-refractivity contribution in [3.05, 3.63) is 23.8 Å². The van der Waals surface area contributed by atoms with Crippen LogP contribution in [-0.2, 0) is 9.53 Å². The van der Waals surface area contributed by atoms with Gasteiger partial charge in [0.2, 0.25) is 6.79 Å². The summed E-state index contributed by atoms with van der Waals surface area (Å²) < 4.78 is 15.5. The highest BCUT2D eigenvalue weighted by atomic mass is 16.7. The molecule has 5 heteroatoms. The molecule has 1 heterocycles. The zero-order valence-corrected chi connectivity index (χ0v) is 10.4. The van der Waals surface area contributed by atoms with Crippen molar-refractivity contribution in [1.29, 1.82) is 0 Å². The van der Waals surface area contributed by atoms with E-state index in [-0.39, 0.29) is 18.7 Å². The van der Waals surface area contributed by atoms with Crippen molar-refractivity contribution < 1.29 is 19.0 Å². The van der Waals surface area contributed by atoms with Crippen LogP contribution in [0, 0.1) is 0 Å². The Bertz CT molecular complexity index is 502. The van der Waals surface area contributed by atoms with Crippen LogP contribution < -0.4 is 14.8 Å². The topological polar surface area (TPSA) is 56.8 Å². The second kappa shape index (κ2) is 3.88. The van der Waals surface area contributed by atoms with E-state index in [2.05, 4.69) is 5.32 Å². The number of carbonyl (C=O) groups excluding carboxylic acids is 1. The van der Waals surface area contributed by atoms with Gasteiger partial charge in [0.25, 0.3) is 0 Å². The van der Waals surface area contributed by atoms with Crippen LogP contribution >= 0.6 is 0 Å². The van der Waals surface area contributed by atoms with Crippen LogP contribution in [0.25, 0.3) is 0 Å². The number of rotatable bonds is 3. The minimum absolute atomic E-state index is 0.129. The number of hydrogen-bond acceptors (Lipinski definition) is 5. The molecule has 2 atom stereocenters. The number of nitrogens with one attached hydrogen (secondary N) is 1. The fourth-order valence-electron chi connectivity index (χ4n) is 2.58. The Morgan fingerprint density at radius 2 is 2.22 bits per heavy atom. The molecular weight excluding hydrogens is 234 g/mol. The van der Waals surface area contributed by atoms with E-state index in [1.807, 2.05) is 18.2 Å². The number of benzene rings is 1. The fraction of sp³-hybridized carbons (Fsp3) is 0.462. The van der Waals surface area contributed by atoms with Gasteiger partial charge in [-0.25, -0.2) is 0 Å². The second-order valence-electron chi connectivity index (χ2n) is 4.58. The van der Waals surface area contributed by atoms with Gasteiger partial charge in [0, 0.05) is 5.92 Å². The number of esters is 1. The zero-order valence-electron chi connectivity index (χ0n) is 10.4. The predicted octanol–water partition coefficient (Wildman–Crippen LogP) is 1.03. The fourth-order valence-corrected chi connectivity index (χ4v) is 2.58. The highest BCUT2D eigenvalue weighted by Gasteiger charge is 2.61. The molecule has 1 aliphatic heterocycles. The molecule has 1 N–H and O–H groups in total. The molecule has 3 rings (SSSR count). The first kappa shape index (κ1) is 11.3. The second-order valence-corrected chi connectivity index (χ2v) is 4.58. The van der Waals surface area contributed by atoms with Gasteiger partial charge in [0.1, 0.15) is 5.54 Å². The SMILES string of the molecule is CNC1(C(=O)OC)CC1c1ccc2c(c1)OCO2. The smallest absolute Gasteiger partial charge is 0.326 e. The Morgan fingerprint density at radius 1 is 1.44 bits per heavy atom. The van der Waals surface area contributed by atoms with E-state index in [1.54, 1.807) is 7.05 Å². The number of methoxy groups -OCH3 is 1. The average molecular weight is 249 g/mol. The molecule has 0 bridgehead atoms. The first-order chi connectivity index (χ1) is 8.71. The Labute approximate surface area is 105 Å². The monoisotopic (exact) mass is 249 g/mol. The van der Waals surface area contributed by atoms with Gasteiger partial charge < -0.3 is 19.5 Å². The maximum Gasteiger partial charge on any atom is 0.326 e. The molecule has 0 spiro atoms. The Hall–Kier alpha value is -1.75. The average Bonchev–Trinajstić information content (AvgIpc) is 2.98. The number of fused-ring (bicyclic) bond motifs is 1. The highest BCUT2D eigenvalue weighted by molar-refractivity contribution is 5.87. The summed E-state index contributed by atoms with van der Waals surface area (Å²) in [5.74, 6) is 1.42. The summed E-state index contributed by atoms with van der Waals surface area (Å²) in [5, 5.41) is 3.07. The molecule has 0 amide bonds. The third kappa shape index (κ3) is 1.47. The van der Waals surface area contributed by atoms with E-state index in [9.17, 15) is 4.79 Å². The van der Waals surface area contributed by atoms with E-state index in [0.717, 1.165) is 23.5 Å². The van der Waals surface area contributed by atoms with E-state index in [1.165, 1.54) is 7.11 Å². The standard InChI is InChI=1S/C13H15NO4/c1-14-13(12(15)16-2)6-9(13)8-3-4-10-11(5-8)18-7-17-10/h3-5,9,14H,6-7H2,1-2H3. The van der Waals surface area contributed by atoms with Gasteiger partial charge in [0.15, 0.2) is 11.5 Å². The summed E-state index contributed by atoms with van der Waals surface area (Å²) in [6.45, 7) is 0.262. The zero-order chi connectivity index (χ0) is 12.8. The van der Waals surface area contributed by atoms with E-state index in [0.29, 0.717) is 0 Å². The lowest BCUT2D eigenvalue weighted by Gasteiger charge is -2.14. The summed E-state index contributed by atoms with van der Waals surface area (Å²) in [7, 11) is 3.19. The number of likely N-dealkylation sites (N-methyl/N-ethyl adjacent to an activating group) is 1. The lowest BCUT2D eigenvalue weighted by atomic mass is 10.1. The maximum atomic E-state index is 11.8. The van der Waals surface area contributed by atoms with Gasteiger partial charge in [-0.1, -0.05) is 6.07 Å². The molecule has 1 aromatic carbocycles. The molecule has 2 unspecified atom stereocenters. The van der Waals surface area contributed by atoms with Gasteiger partial charge in [-0.3, -0.25) is 4.79 Å². The molecular formula is C13H15NO4. The number of hydrogen-bond donors (Lipinski definition) is 1. The maximum absolute atomic E-state index is 11.8. The van der Waals surface area contributed by atoms with Crippen molar-refractivity contribution in [3.63, 3.8) is 0 Å². The van der Waals surface area contributed by atoms with Crippen LogP contribution in [0.3, 0.4) is 0 Å². The van der Waals surface area contributed by atoms with Gasteiger partial charge in [-0.05, 0) is 31.2 Å². The normalized spacial score (nSPS) is 28.0. The molecule has 0 radical (unpaired) electrons. The molecule has 1 saturated carbocycles. The van der Waals surface area contributed by atoms with Crippen molar-refractivity contribution in [3.8, 4) is 11.5 Å². The van der Waals surface area contributed by atoms with E-state index < -0.39 is 5.54 Å². The molecule has 18 heavy (non-hydrogen) atoms. The lowest BCUT2D eigenvalue weighted by Crippen LogP contribution is -2.39. The van der Waals surface area contributed by atoms with E-state index in [4.69, 9.17) is 14.2 Å². The first-order valence-electron chi connectivity index (χ1n) is 5.88. The molecule has 1 fully saturated rings. The van der Waals surface area contributed by atoms with Crippen LogP contribution in [0.2, 0.25) is 0 Å². The summed E-state index contributed by atoms with van der Waals surface area (Å²) >= 11 is 0. The minimum Gasteiger partial charge on any atom is -0.468 e. The van der Waals surface area contributed by atoms with Gasteiger partial charge >= 0.3 is 5.97 Å².